The molecule has 31 heavy (non-hydrogen) atoms. The number of nitrogens with zero attached hydrogens (tertiary/aromatic N) is 2. The number of anilines is 1. The molecule has 0 spiro atoms. The molecule has 2 aromatic rings. The van der Waals surface area contributed by atoms with Gasteiger partial charge in [0.05, 0.1) is 13.0 Å². The number of fused-ring (bicyclic) bond motifs is 1. The molecule has 6 nitrogen and oxygen atoms in total. The van der Waals surface area contributed by atoms with Crippen LogP contribution >= 0.6 is 15.9 Å². The Balaban J connectivity index is 1.60. The molecular weight excluding hydrogens is 487 g/mol. The molecule has 0 unspecified atom stereocenters. The van der Waals surface area contributed by atoms with Gasteiger partial charge in [0.25, 0.3) is 0 Å². The summed E-state index contributed by atoms with van der Waals surface area (Å²) in [4.78, 5) is 15.0. The molecule has 0 aromatic heterocycles. The van der Waals surface area contributed by atoms with E-state index in [9.17, 15) is 17.6 Å². The van der Waals surface area contributed by atoms with E-state index in [1.165, 1.54) is 17.5 Å². The maximum absolute atomic E-state index is 13.8. The van der Waals surface area contributed by atoms with E-state index in [0.717, 1.165) is 34.3 Å². The zero-order chi connectivity index (χ0) is 22.3. The number of carbonyl (C=O) groups excluding carboxylic acids is 1. The number of amides is 1. The second kappa shape index (κ2) is 8.52. The number of halogens is 2. The topological polar surface area (TPSA) is 66.9 Å². The van der Waals surface area contributed by atoms with Crippen molar-refractivity contribution in [2.45, 2.75) is 37.1 Å². The minimum atomic E-state index is -4.01. The van der Waals surface area contributed by atoms with Crippen molar-refractivity contribution in [3.63, 3.8) is 0 Å². The van der Waals surface area contributed by atoms with Crippen molar-refractivity contribution in [2.75, 3.05) is 25.1 Å². The lowest BCUT2D eigenvalue weighted by molar-refractivity contribution is -0.123. The van der Waals surface area contributed by atoms with Crippen LogP contribution in [0.25, 0.3) is 0 Å². The highest BCUT2D eigenvalue weighted by molar-refractivity contribution is 9.10. The number of methoxy groups -OCH3 is 1. The van der Waals surface area contributed by atoms with E-state index in [1.54, 1.807) is 4.90 Å². The van der Waals surface area contributed by atoms with Crippen molar-refractivity contribution in [3.8, 4) is 5.75 Å². The minimum absolute atomic E-state index is 0.00657. The molecule has 0 radical (unpaired) electrons. The number of rotatable bonds is 4. The van der Waals surface area contributed by atoms with Gasteiger partial charge in [-0.1, -0.05) is 15.9 Å². The van der Waals surface area contributed by atoms with Gasteiger partial charge < -0.3 is 9.64 Å². The summed E-state index contributed by atoms with van der Waals surface area (Å²) in [6.45, 7) is 2.35. The van der Waals surface area contributed by atoms with Crippen molar-refractivity contribution in [2.24, 2.45) is 5.92 Å². The highest BCUT2D eigenvalue weighted by Crippen LogP contribution is 2.37. The van der Waals surface area contributed by atoms with Crippen molar-refractivity contribution in [3.05, 3.63) is 52.3 Å². The Bertz CT molecular complexity index is 1120. The minimum Gasteiger partial charge on any atom is -0.495 e. The van der Waals surface area contributed by atoms with Crippen molar-refractivity contribution in [1.82, 2.24) is 4.31 Å². The first-order chi connectivity index (χ1) is 14.7. The Morgan fingerprint density at radius 1 is 1.23 bits per heavy atom. The fourth-order valence-corrected chi connectivity index (χ4v) is 6.59. The first-order valence-electron chi connectivity index (χ1n) is 10.2. The number of carbonyl (C=O) groups is 1. The van der Waals surface area contributed by atoms with E-state index in [1.807, 2.05) is 25.1 Å². The zero-order valence-corrected chi connectivity index (χ0v) is 19.7. The SMILES string of the molecule is COc1ccc(F)cc1S(=O)(=O)N1CCC[C@H](C(=O)N2c3ccc(Br)cc3C[C@H]2C)C1. The van der Waals surface area contributed by atoms with Gasteiger partial charge in [-0.05, 0) is 68.1 Å². The van der Waals surface area contributed by atoms with Crippen LogP contribution in [0, 0.1) is 11.7 Å². The summed E-state index contributed by atoms with van der Waals surface area (Å²) < 4.78 is 47.7. The van der Waals surface area contributed by atoms with Gasteiger partial charge in [0, 0.05) is 29.3 Å². The number of sulfonamides is 1. The monoisotopic (exact) mass is 510 g/mol. The summed E-state index contributed by atoms with van der Waals surface area (Å²) in [6, 6.07) is 9.29. The molecule has 0 N–H and O–H groups in total. The molecular formula is C22H24BrFN2O4S. The Hall–Kier alpha value is -1.97. The Labute approximate surface area is 190 Å². The van der Waals surface area contributed by atoms with Crippen LogP contribution < -0.4 is 9.64 Å². The standard InChI is InChI=1S/C22H24BrFN2O4S/c1-14-10-16-11-17(23)5-7-19(16)26(14)22(27)15-4-3-9-25(13-15)31(28,29)21-12-18(24)6-8-20(21)30-2/h5-8,11-12,14-15H,3-4,9-10,13H2,1-2H3/t14-,15+/m1/s1. The van der Waals surface area contributed by atoms with Gasteiger partial charge in [-0.3, -0.25) is 4.79 Å². The second-order valence-electron chi connectivity index (χ2n) is 8.03. The molecule has 166 valence electrons. The average molecular weight is 511 g/mol. The fourth-order valence-electron chi connectivity index (χ4n) is 4.49. The first-order valence-corrected chi connectivity index (χ1v) is 12.4. The molecule has 2 aliphatic heterocycles. The third kappa shape index (κ3) is 4.10. The largest absolute Gasteiger partial charge is 0.495 e. The Morgan fingerprint density at radius 3 is 2.74 bits per heavy atom. The molecule has 0 aliphatic carbocycles. The number of hydrogen-bond acceptors (Lipinski definition) is 4. The van der Waals surface area contributed by atoms with E-state index in [-0.39, 0.29) is 35.7 Å². The highest BCUT2D eigenvalue weighted by atomic mass is 79.9. The smallest absolute Gasteiger partial charge is 0.246 e. The molecule has 1 saturated heterocycles. The van der Waals surface area contributed by atoms with Gasteiger partial charge in [0.1, 0.15) is 16.5 Å². The molecule has 2 aromatic carbocycles. The molecule has 2 aliphatic rings. The van der Waals surface area contributed by atoms with Gasteiger partial charge >= 0.3 is 0 Å². The lowest BCUT2D eigenvalue weighted by Crippen LogP contribution is -2.48. The van der Waals surface area contributed by atoms with Crippen LogP contribution in [-0.4, -0.2) is 44.9 Å². The molecule has 9 heteroatoms. The normalized spacial score (nSPS) is 21.7. The van der Waals surface area contributed by atoms with E-state index in [4.69, 9.17) is 4.74 Å². The van der Waals surface area contributed by atoms with E-state index in [0.29, 0.717) is 12.8 Å². The van der Waals surface area contributed by atoms with Gasteiger partial charge in [-0.2, -0.15) is 4.31 Å². The number of ether oxygens (including phenoxy) is 1. The summed E-state index contributed by atoms with van der Waals surface area (Å²) in [5.41, 5.74) is 1.98. The van der Waals surface area contributed by atoms with Crippen molar-refractivity contribution < 1.29 is 22.3 Å². The summed E-state index contributed by atoms with van der Waals surface area (Å²) >= 11 is 3.47. The predicted octanol–water partition coefficient (Wildman–Crippen LogP) is 3.98. The quantitative estimate of drug-likeness (QED) is 0.623. The molecule has 1 amide bonds. The third-order valence-corrected chi connectivity index (χ3v) is 8.35. The Kier molecular flexibility index (Phi) is 6.11. The van der Waals surface area contributed by atoms with Crippen LogP contribution in [0.3, 0.4) is 0 Å². The molecule has 0 bridgehead atoms. The maximum Gasteiger partial charge on any atom is 0.246 e. The van der Waals surface area contributed by atoms with E-state index < -0.39 is 21.8 Å². The summed E-state index contributed by atoms with van der Waals surface area (Å²) in [5, 5.41) is 0. The predicted molar refractivity (Wildman–Crippen MR) is 119 cm³/mol. The van der Waals surface area contributed by atoms with Crippen molar-refractivity contribution in [1.29, 1.82) is 0 Å². The number of hydrogen-bond donors (Lipinski definition) is 0. The average Bonchev–Trinajstić information content (AvgIpc) is 3.07. The summed E-state index contributed by atoms with van der Waals surface area (Å²) in [5.74, 6) is -1.10. The van der Waals surface area contributed by atoms with Gasteiger partial charge in [-0.15, -0.1) is 0 Å². The van der Waals surface area contributed by atoms with E-state index >= 15 is 0 Å². The van der Waals surface area contributed by atoms with Crippen LogP contribution in [0.5, 0.6) is 5.75 Å². The summed E-state index contributed by atoms with van der Waals surface area (Å²) in [6.07, 6.45) is 1.93. The van der Waals surface area contributed by atoms with Crippen LogP contribution in [0.15, 0.2) is 45.8 Å². The van der Waals surface area contributed by atoms with Crippen LogP contribution in [0.4, 0.5) is 10.1 Å². The highest BCUT2D eigenvalue weighted by Gasteiger charge is 2.39. The second-order valence-corrected chi connectivity index (χ2v) is 10.9. The third-order valence-electron chi connectivity index (χ3n) is 5.97. The van der Waals surface area contributed by atoms with Gasteiger partial charge in [0.15, 0.2) is 0 Å². The molecule has 4 rings (SSSR count). The van der Waals surface area contributed by atoms with Crippen LogP contribution in [-0.2, 0) is 21.2 Å². The fraction of sp³-hybridized carbons (Fsp3) is 0.409. The summed E-state index contributed by atoms with van der Waals surface area (Å²) in [7, 11) is -2.66. The first kappa shape index (κ1) is 22.2. The number of piperidine rings is 1. The Morgan fingerprint density at radius 2 is 2.00 bits per heavy atom. The molecule has 2 atom stereocenters. The van der Waals surface area contributed by atoms with Crippen LogP contribution in [0.2, 0.25) is 0 Å². The zero-order valence-electron chi connectivity index (χ0n) is 17.3. The molecule has 0 saturated carbocycles. The van der Waals surface area contributed by atoms with Gasteiger partial charge in [0.2, 0.25) is 15.9 Å². The molecule has 1 fully saturated rings. The molecule has 2 heterocycles. The lowest BCUT2D eigenvalue weighted by Gasteiger charge is -2.34. The van der Waals surface area contributed by atoms with E-state index in [2.05, 4.69) is 15.9 Å². The maximum atomic E-state index is 13.8. The number of benzene rings is 2. The van der Waals surface area contributed by atoms with Crippen LogP contribution in [0.1, 0.15) is 25.3 Å². The lowest BCUT2D eigenvalue weighted by atomic mass is 9.97. The van der Waals surface area contributed by atoms with Gasteiger partial charge in [-0.25, -0.2) is 12.8 Å². The van der Waals surface area contributed by atoms with Crippen molar-refractivity contribution >= 4 is 37.5 Å².